The number of hydroxylamine groups is 1. The monoisotopic (exact) mass is 399 g/mol. The SMILES string of the molecule is CON(C)S(=O)(=O)c1ccc(C(=O)OCCOc2ccccc2Cl)cc1. The molecule has 0 amide bonds. The average molecular weight is 400 g/mol. The van der Waals surface area contributed by atoms with Crippen LogP contribution in [0.3, 0.4) is 0 Å². The van der Waals surface area contributed by atoms with E-state index in [2.05, 4.69) is 4.84 Å². The third kappa shape index (κ3) is 4.95. The van der Waals surface area contributed by atoms with Gasteiger partial charge in [-0.1, -0.05) is 28.2 Å². The lowest BCUT2D eigenvalue weighted by molar-refractivity contribution is -0.0258. The van der Waals surface area contributed by atoms with Gasteiger partial charge in [-0.3, -0.25) is 4.84 Å². The normalized spacial score (nSPS) is 11.4. The Morgan fingerprint density at radius 2 is 1.73 bits per heavy atom. The van der Waals surface area contributed by atoms with Crippen molar-refractivity contribution in [3.63, 3.8) is 0 Å². The van der Waals surface area contributed by atoms with Crippen LogP contribution >= 0.6 is 11.6 Å². The van der Waals surface area contributed by atoms with Crippen molar-refractivity contribution < 1.29 is 27.5 Å². The van der Waals surface area contributed by atoms with E-state index < -0.39 is 16.0 Å². The molecule has 0 unspecified atom stereocenters. The zero-order valence-corrected chi connectivity index (χ0v) is 15.8. The molecule has 0 saturated heterocycles. The third-order valence-electron chi connectivity index (χ3n) is 3.39. The Bertz CT molecular complexity index is 854. The van der Waals surface area contributed by atoms with Crippen molar-refractivity contribution in [2.24, 2.45) is 0 Å². The third-order valence-corrected chi connectivity index (χ3v) is 5.40. The molecule has 0 heterocycles. The molecule has 0 bridgehead atoms. The van der Waals surface area contributed by atoms with Gasteiger partial charge in [-0.05, 0) is 36.4 Å². The maximum absolute atomic E-state index is 12.1. The van der Waals surface area contributed by atoms with Gasteiger partial charge < -0.3 is 9.47 Å². The highest BCUT2D eigenvalue weighted by molar-refractivity contribution is 7.89. The Hall–Kier alpha value is -2.13. The predicted octanol–water partition coefficient (Wildman–Crippen LogP) is 2.76. The number of para-hydroxylation sites is 1. The quantitative estimate of drug-likeness (QED) is 0.385. The van der Waals surface area contributed by atoms with Crippen molar-refractivity contribution in [2.75, 3.05) is 27.4 Å². The van der Waals surface area contributed by atoms with E-state index in [1.54, 1.807) is 24.3 Å². The molecule has 0 fully saturated rings. The van der Waals surface area contributed by atoms with E-state index >= 15 is 0 Å². The number of carbonyl (C=O) groups excluding carboxylic acids is 1. The fourth-order valence-corrected chi connectivity index (χ4v) is 3.10. The van der Waals surface area contributed by atoms with Gasteiger partial charge in [0.25, 0.3) is 10.0 Å². The zero-order chi connectivity index (χ0) is 19.2. The van der Waals surface area contributed by atoms with Crippen molar-refractivity contribution >= 4 is 27.6 Å². The van der Waals surface area contributed by atoms with E-state index in [-0.39, 0.29) is 23.7 Å². The topological polar surface area (TPSA) is 82.1 Å². The first-order chi connectivity index (χ1) is 12.4. The van der Waals surface area contributed by atoms with Crippen molar-refractivity contribution in [3.05, 3.63) is 59.1 Å². The largest absolute Gasteiger partial charge is 0.488 e. The number of halogens is 1. The number of ether oxygens (including phenoxy) is 2. The number of hydrogen-bond donors (Lipinski definition) is 0. The van der Waals surface area contributed by atoms with Crippen LogP contribution in [-0.2, 0) is 19.6 Å². The molecule has 0 saturated carbocycles. The lowest BCUT2D eigenvalue weighted by Gasteiger charge is -2.14. The summed E-state index contributed by atoms with van der Waals surface area (Å²) in [6.45, 7) is 0.164. The standard InChI is InChI=1S/C17H18ClNO6S/c1-19(23-2)26(21,22)14-9-7-13(8-10-14)17(20)25-12-11-24-16-6-4-3-5-15(16)18/h3-10H,11-12H2,1-2H3. The molecule has 2 aromatic rings. The molecule has 0 aliphatic carbocycles. The average Bonchev–Trinajstić information content (AvgIpc) is 2.65. The minimum absolute atomic E-state index is 0.000419. The molecule has 0 aromatic heterocycles. The maximum atomic E-state index is 12.1. The summed E-state index contributed by atoms with van der Waals surface area (Å²) in [6, 6.07) is 12.3. The molecule has 9 heteroatoms. The first-order valence-corrected chi connectivity index (χ1v) is 9.35. The summed E-state index contributed by atoms with van der Waals surface area (Å²) in [5.41, 5.74) is 0.224. The highest BCUT2D eigenvalue weighted by atomic mass is 35.5. The van der Waals surface area contributed by atoms with E-state index in [0.717, 1.165) is 4.47 Å². The van der Waals surface area contributed by atoms with Crippen LogP contribution in [0.4, 0.5) is 0 Å². The number of hydrogen-bond acceptors (Lipinski definition) is 6. The summed E-state index contributed by atoms with van der Waals surface area (Å²) < 4.78 is 35.4. The molecule has 0 atom stereocenters. The Labute approximate surface area is 157 Å². The van der Waals surface area contributed by atoms with Crippen molar-refractivity contribution in [3.8, 4) is 5.75 Å². The van der Waals surface area contributed by atoms with Crippen LogP contribution in [0, 0.1) is 0 Å². The van der Waals surface area contributed by atoms with Crippen molar-refractivity contribution in [1.82, 2.24) is 4.47 Å². The van der Waals surface area contributed by atoms with E-state index in [9.17, 15) is 13.2 Å². The van der Waals surface area contributed by atoms with Crippen LogP contribution in [0.15, 0.2) is 53.4 Å². The molecular formula is C17H18ClNO6S. The van der Waals surface area contributed by atoms with Gasteiger partial charge >= 0.3 is 5.97 Å². The van der Waals surface area contributed by atoms with Crippen LogP contribution in [0.1, 0.15) is 10.4 Å². The zero-order valence-electron chi connectivity index (χ0n) is 14.2. The maximum Gasteiger partial charge on any atom is 0.338 e. The lowest BCUT2D eigenvalue weighted by atomic mass is 10.2. The Morgan fingerprint density at radius 3 is 2.35 bits per heavy atom. The van der Waals surface area contributed by atoms with Crippen molar-refractivity contribution in [1.29, 1.82) is 0 Å². The molecule has 0 radical (unpaired) electrons. The minimum Gasteiger partial charge on any atom is -0.488 e. The summed E-state index contributed by atoms with van der Waals surface area (Å²) in [7, 11) is -1.24. The molecular weight excluding hydrogens is 382 g/mol. The second-order valence-corrected chi connectivity index (χ2v) is 7.38. The second-order valence-electron chi connectivity index (χ2n) is 5.04. The number of nitrogens with zero attached hydrogens (tertiary/aromatic N) is 1. The molecule has 0 N–H and O–H groups in total. The van der Waals surface area contributed by atoms with Crippen LogP contribution in [0.5, 0.6) is 5.75 Å². The highest BCUT2D eigenvalue weighted by Gasteiger charge is 2.21. The summed E-state index contributed by atoms with van der Waals surface area (Å²) in [5.74, 6) is -0.0844. The second kappa shape index (κ2) is 9.00. The van der Waals surface area contributed by atoms with Crippen LogP contribution < -0.4 is 4.74 Å². The van der Waals surface area contributed by atoms with E-state index in [1.165, 1.54) is 38.4 Å². The highest BCUT2D eigenvalue weighted by Crippen LogP contribution is 2.22. The number of esters is 1. The Morgan fingerprint density at radius 1 is 1.08 bits per heavy atom. The van der Waals surface area contributed by atoms with Crippen LogP contribution in [-0.4, -0.2) is 46.2 Å². The lowest BCUT2D eigenvalue weighted by Crippen LogP contribution is -2.25. The van der Waals surface area contributed by atoms with Gasteiger partial charge in [0.05, 0.1) is 22.6 Å². The number of rotatable bonds is 8. The Kier molecular flexibility index (Phi) is 6.98. The van der Waals surface area contributed by atoms with Gasteiger partial charge in [0.1, 0.15) is 19.0 Å². The number of sulfonamides is 1. The molecule has 140 valence electrons. The summed E-state index contributed by atoms with van der Waals surface area (Å²) in [5, 5.41) is 0.469. The van der Waals surface area contributed by atoms with Gasteiger partial charge in [-0.2, -0.15) is 0 Å². The molecule has 2 rings (SSSR count). The molecule has 0 spiro atoms. The number of carbonyl (C=O) groups is 1. The fourth-order valence-electron chi connectivity index (χ4n) is 1.94. The molecule has 26 heavy (non-hydrogen) atoms. The molecule has 0 aliphatic rings. The minimum atomic E-state index is -3.76. The Balaban J connectivity index is 1.89. The van der Waals surface area contributed by atoms with Crippen molar-refractivity contribution in [2.45, 2.75) is 4.90 Å². The van der Waals surface area contributed by atoms with E-state index in [4.69, 9.17) is 21.1 Å². The first-order valence-electron chi connectivity index (χ1n) is 7.54. The van der Waals surface area contributed by atoms with E-state index in [0.29, 0.717) is 10.8 Å². The van der Waals surface area contributed by atoms with E-state index in [1.807, 2.05) is 0 Å². The van der Waals surface area contributed by atoms with Gasteiger partial charge in [0.2, 0.25) is 0 Å². The molecule has 2 aromatic carbocycles. The molecule has 7 nitrogen and oxygen atoms in total. The fraction of sp³-hybridized carbons (Fsp3) is 0.235. The van der Waals surface area contributed by atoms with Gasteiger partial charge in [0, 0.05) is 7.05 Å². The summed E-state index contributed by atoms with van der Waals surface area (Å²) >= 11 is 5.95. The van der Waals surface area contributed by atoms with Gasteiger partial charge in [-0.15, -0.1) is 0 Å². The van der Waals surface area contributed by atoms with Gasteiger partial charge in [-0.25, -0.2) is 13.2 Å². The first kappa shape index (κ1) is 20.2. The number of benzene rings is 2. The van der Waals surface area contributed by atoms with Crippen LogP contribution in [0.25, 0.3) is 0 Å². The predicted molar refractivity (Wildman–Crippen MR) is 95.6 cm³/mol. The van der Waals surface area contributed by atoms with Gasteiger partial charge in [0.15, 0.2) is 0 Å². The summed E-state index contributed by atoms with van der Waals surface area (Å²) in [6.07, 6.45) is 0. The summed E-state index contributed by atoms with van der Waals surface area (Å²) in [4.78, 5) is 16.7. The smallest absolute Gasteiger partial charge is 0.338 e. The molecule has 0 aliphatic heterocycles. The van der Waals surface area contributed by atoms with Crippen LogP contribution in [0.2, 0.25) is 5.02 Å².